The van der Waals surface area contributed by atoms with Crippen molar-refractivity contribution >= 4 is 47.3 Å². The molecule has 3 aliphatic carbocycles. The first-order chi connectivity index (χ1) is 22.8. The minimum Gasteiger partial charge on any atom is -0.510 e. The predicted octanol–water partition coefficient (Wildman–Crippen LogP) is -0.344. The lowest BCUT2D eigenvalue weighted by Gasteiger charge is -2.53. The van der Waals surface area contributed by atoms with E-state index < -0.39 is 100 Å². The van der Waals surface area contributed by atoms with E-state index in [1.807, 2.05) is 13.8 Å². The van der Waals surface area contributed by atoms with Crippen LogP contribution in [0.5, 0.6) is 5.75 Å². The first kappa shape index (κ1) is 34.1. The molecule has 49 heavy (non-hydrogen) atoms. The molecule has 6 rings (SSSR count). The molecule has 0 saturated heterocycles. The van der Waals surface area contributed by atoms with E-state index in [4.69, 9.17) is 10.4 Å². The summed E-state index contributed by atoms with van der Waals surface area (Å²) < 4.78 is 5.57. The van der Waals surface area contributed by atoms with Crippen LogP contribution in [-0.2, 0) is 24.6 Å². The normalized spacial score (nSPS) is 28.6. The minimum atomic E-state index is -3.04. The molecule has 0 fully saturated rings. The molecule has 0 aromatic heterocycles. The van der Waals surface area contributed by atoms with Crippen molar-refractivity contribution in [2.24, 2.45) is 17.6 Å². The van der Waals surface area contributed by atoms with E-state index in [-0.39, 0.29) is 23.4 Å². The van der Waals surface area contributed by atoms with Crippen molar-refractivity contribution in [3.8, 4) is 5.75 Å². The van der Waals surface area contributed by atoms with Crippen LogP contribution in [-0.4, -0.2) is 104 Å². The number of likely N-dealkylation sites (N-methyl/N-ethyl adjacent to an activating group) is 1. The molecule has 0 unspecified atom stereocenters. The van der Waals surface area contributed by atoms with Gasteiger partial charge in [0.2, 0.25) is 11.7 Å². The number of amides is 2. The van der Waals surface area contributed by atoms with Gasteiger partial charge in [0.1, 0.15) is 17.1 Å². The Balaban J connectivity index is 1.32. The summed E-state index contributed by atoms with van der Waals surface area (Å²) in [5.41, 5.74) is 1.75. The zero-order valence-electron chi connectivity index (χ0n) is 27.3. The number of primary amides is 1. The van der Waals surface area contributed by atoms with E-state index >= 15 is 0 Å². The van der Waals surface area contributed by atoms with E-state index in [9.17, 15) is 49.7 Å². The molecule has 258 valence electrons. The number of anilines is 2. The van der Waals surface area contributed by atoms with Crippen LogP contribution in [0.4, 0.5) is 11.4 Å². The number of rotatable bonds is 6. The van der Waals surface area contributed by atoms with Crippen molar-refractivity contribution in [2.45, 2.75) is 50.0 Å². The number of aliphatic hydroxyl groups excluding tert-OH is 3. The van der Waals surface area contributed by atoms with Gasteiger partial charge in [-0.25, -0.2) is 0 Å². The van der Waals surface area contributed by atoms with E-state index in [0.29, 0.717) is 11.2 Å². The van der Waals surface area contributed by atoms with Crippen LogP contribution in [0, 0.1) is 11.8 Å². The van der Waals surface area contributed by atoms with Gasteiger partial charge >= 0.3 is 7.12 Å². The summed E-state index contributed by atoms with van der Waals surface area (Å²) in [6, 6.07) is 6.65. The van der Waals surface area contributed by atoms with E-state index in [1.165, 1.54) is 31.1 Å². The van der Waals surface area contributed by atoms with E-state index in [2.05, 4.69) is 10.6 Å². The number of carbonyl (C=O) groups excluding carboxylic acids is 4. The zero-order valence-corrected chi connectivity index (χ0v) is 27.3. The van der Waals surface area contributed by atoms with Gasteiger partial charge < -0.3 is 51.6 Å². The monoisotopic (exact) mass is 676 g/mol. The van der Waals surface area contributed by atoms with Crippen LogP contribution >= 0.6 is 0 Å². The average Bonchev–Trinajstić information content (AvgIpc) is 3.25. The van der Waals surface area contributed by atoms with Crippen molar-refractivity contribution in [3.05, 3.63) is 69.7 Å². The van der Waals surface area contributed by atoms with Crippen molar-refractivity contribution in [1.82, 2.24) is 4.90 Å². The molecule has 6 atom stereocenters. The standard InChI is InChI=1S/C33H37BN4O11/c1-12-14-7-9-17(37-18(39)11-36-13-6-8-15-16(10-13)34(48)49-32(15,2)3)25(40)20(14)26(41)21-19(12)27(42)23-24(38(4)5)28(43)22(31(35)46)30(45)33(23,47)29(21)44/h6-10,12,19,23-24,27,36,40,42-44,47-48H,11H2,1-5H3,(H2,35,46)(H,37,39)/t12-,19+,23+,24-,27-,33-/m0/s1. The largest absolute Gasteiger partial charge is 0.510 e. The molecular formula is C33H37BN4O11. The minimum absolute atomic E-state index is 0.151. The Morgan fingerprint density at radius 3 is 2.41 bits per heavy atom. The number of benzene rings is 2. The highest BCUT2D eigenvalue weighted by molar-refractivity contribution is 6.62. The molecule has 2 aromatic rings. The summed E-state index contributed by atoms with van der Waals surface area (Å²) in [7, 11) is 1.79. The summed E-state index contributed by atoms with van der Waals surface area (Å²) in [5, 5.41) is 73.1. The SMILES string of the molecule is C[C@H]1c2ccc(NC(=O)CNc3ccc4c(c3)B(O)OC4(C)C)c(O)c2C(=O)C2=C(O)[C@]3(O)C(=O)C(C(N)=O)=C(O)[C@@H](N(C)C)[C@@H]3[C@@H](O)[C@@H]21. The smallest absolute Gasteiger partial charge is 0.492 e. The number of aromatic hydroxyl groups is 1. The third-order valence-corrected chi connectivity index (χ3v) is 10.2. The van der Waals surface area contributed by atoms with Crippen LogP contribution < -0.4 is 21.8 Å². The molecular weight excluding hydrogens is 639 g/mol. The van der Waals surface area contributed by atoms with Gasteiger partial charge in [0, 0.05) is 17.2 Å². The maximum atomic E-state index is 14.1. The summed E-state index contributed by atoms with van der Waals surface area (Å²) in [4.78, 5) is 54.1. The molecule has 2 aromatic carbocycles. The molecule has 0 radical (unpaired) electrons. The first-order valence-corrected chi connectivity index (χ1v) is 15.6. The second kappa shape index (κ2) is 11.4. The van der Waals surface area contributed by atoms with Gasteiger partial charge in [-0.3, -0.25) is 24.1 Å². The maximum absolute atomic E-state index is 14.1. The molecule has 15 nitrogen and oxygen atoms in total. The fourth-order valence-electron chi connectivity index (χ4n) is 7.93. The van der Waals surface area contributed by atoms with Crippen molar-refractivity contribution in [1.29, 1.82) is 0 Å². The number of hydrogen-bond acceptors (Lipinski definition) is 13. The Bertz CT molecular complexity index is 1910. The number of nitrogens with one attached hydrogen (secondary N) is 2. The molecule has 0 saturated carbocycles. The lowest BCUT2D eigenvalue weighted by molar-refractivity contribution is -0.162. The van der Waals surface area contributed by atoms with Gasteiger partial charge in [0.25, 0.3) is 5.91 Å². The van der Waals surface area contributed by atoms with E-state index in [0.717, 1.165) is 5.56 Å². The van der Waals surface area contributed by atoms with Crippen molar-refractivity contribution in [3.63, 3.8) is 0 Å². The Morgan fingerprint density at radius 1 is 1.10 bits per heavy atom. The lowest BCUT2D eigenvalue weighted by atomic mass is 9.55. The average molecular weight is 676 g/mol. The van der Waals surface area contributed by atoms with Crippen LogP contribution in [0.25, 0.3) is 0 Å². The zero-order chi connectivity index (χ0) is 36.1. The quantitative estimate of drug-likeness (QED) is 0.108. The number of phenols is 1. The number of nitrogens with zero attached hydrogens (tertiary/aromatic N) is 1. The second-order valence-electron chi connectivity index (χ2n) is 13.7. The number of phenolic OH excluding ortho intramolecular Hbond substituents is 1. The number of Topliss-reactive ketones (excluding diaryl/α,β-unsaturated/α-hetero) is 2. The molecule has 1 heterocycles. The highest BCUT2D eigenvalue weighted by Crippen LogP contribution is 2.56. The summed E-state index contributed by atoms with van der Waals surface area (Å²) >= 11 is 0. The highest BCUT2D eigenvalue weighted by Gasteiger charge is 2.67. The lowest BCUT2D eigenvalue weighted by Crippen LogP contribution is -2.68. The third-order valence-electron chi connectivity index (χ3n) is 10.2. The fourth-order valence-corrected chi connectivity index (χ4v) is 7.93. The molecule has 4 aliphatic rings. The molecule has 0 bridgehead atoms. The van der Waals surface area contributed by atoms with Crippen LogP contribution in [0.1, 0.15) is 48.2 Å². The van der Waals surface area contributed by atoms with Crippen molar-refractivity contribution < 1.29 is 54.4 Å². The fraction of sp³-hybridized carbons (Fsp3) is 0.394. The highest BCUT2D eigenvalue weighted by atomic mass is 16.5. The number of nitrogens with two attached hydrogens (primary N) is 1. The molecule has 0 spiro atoms. The third kappa shape index (κ3) is 4.85. The van der Waals surface area contributed by atoms with E-state index in [1.54, 1.807) is 25.1 Å². The van der Waals surface area contributed by atoms with Crippen LogP contribution in [0.3, 0.4) is 0 Å². The number of aliphatic hydroxyl groups is 4. The van der Waals surface area contributed by atoms with Gasteiger partial charge in [-0.05, 0) is 68.6 Å². The maximum Gasteiger partial charge on any atom is 0.492 e. The summed E-state index contributed by atoms with van der Waals surface area (Å²) in [6.45, 7) is 4.99. The van der Waals surface area contributed by atoms with Crippen LogP contribution in [0.15, 0.2) is 53.0 Å². The predicted molar refractivity (Wildman–Crippen MR) is 175 cm³/mol. The number of carbonyl (C=O) groups is 4. The van der Waals surface area contributed by atoms with Gasteiger partial charge in [-0.2, -0.15) is 0 Å². The topological polar surface area (TPSA) is 252 Å². The molecule has 16 heteroatoms. The molecule has 2 amide bonds. The second-order valence-corrected chi connectivity index (χ2v) is 13.7. The Labute approximate surface area is 280 Å². The Morgan fingerprint density at radius 2 is 1.78 bits per heavy atom. The van der Waals surface area contributed by atoms with Gasteiger partial charge in [-0.1, -0.05) is 19.1 Å². The Kier molecular flexibility index (Phi) is 7.96. The molecule has 10 N–H and O–H groups in total. The number of hydrogen-bond donors (Lipinski definition) is 9. The van der Waals surface area contributed by atoms with Gasteiger partial charge in [0.15, 0.2) is 17.1 Å². The number of ketones is 2. The Hall–Kier alpha value is -4.74. The van der Waals surface area contributed by atoms with Crippen molar-refractivity contribution in [2.75, 3.05) is 31.3 Å². The number of fused-ring (bicyclic) bond motifs is 4. The van der Waals surface area contributed by atoms with Gasteiger partial charge in [0.05, 0.1) is 41.5 Å². The van der Waals surface area contributed by atoms with Gasteiger partial charge in [-0.15, -0.1) is 0 Å². The first-order valence-electron chi connectivity index (χ1n) is 15.6. The summed E-state index contributed by atoms with van der Waals surface area (Å²) in [6.07, 6.45) is -1.72. The summed E-state index contributed by atoms with van der Waals surface area (Å²) in [5.74, 6) is -10.7. The molecule has 1 aliphatic heterocycles. The van der Waals surface area contributed by atoms with Crippen LogP contribution in [0.2, 0.25) is 0 Å².